The predicted octanol–water partition coefficient (Wildman–Crippen LogP) is 5.71. The van der Waals surface area contributed by atoms with Crippen molar-refractivity contribution in [3.05, 3.63) is 70.7 Å². The molecule has 282 valence electrons. The first-order chi connectivity index (χ1) is 24.2. The highest BCUT2D eigenvalue weighted by Crippen LogP contribution is 2.34. The summed E-state index contributed by atoms with van der Waals surface area (Å²) in [4.78, 5) is 36.6. The van der Waals surface area contributed by atoms with Crippen LogP contribution in [0.1, 0.15) is 36.7 Å². The first-order valence-corrected chi connectivity index (χ1v) is 16.8. The summed E-state index contributed by atoms with van der Waals surface area (Å²) in [5.41, 5.74) is 0.381. The Hall–Kier alpha value is -5.19. The van der Waals surface area contributed by atoms with Crippen LogP contribution in [0, 0.1) is 12.7 Å². The van der Waals surface area contributed by atoms with E-state index in [0.717, 1.165) is 6.07 Å². The average molecular weight is 783 g/mol. The number of sulfonamides is 1. The number of alkyl halides is 6. The minimum Gasteiger partial charge on any atom is -0.467 e. The number of nitrogens with one attached hydrogen (secondary N) is 2. The van der Waals surface area contributed by atoms with Gasteiger partial charge in [0.05, 0.1) is 12.0 Å². The molecular weight excluding hydrogens is 753 g/mol. The van der Waals surface area contributed by atoms with Gasteiger partial charge in [-0.1, -0.05) is 34.6 Å². The molecular formula is C29H29F7N8O6S2. The number of ether oxygens (including phenoxy) is 2. The van der Waals surface area contributed by atoms with E-state index in [2.05, 4.69) is 30.5 Å². The van der Waals surface area contributed by atoms with Crippen LogP contribution in [0.2, 0.25) is 0 Å². The number of anilines is 2. The monoisotopic (exact) mass is 782 g/mol. The summed E-state index contributed by atoms with van der Waals surface area (Å²) >= 11 is 0.210. The highest BCUT2D eigenvalue weighted by molar-refractivity contribution is 7.90. The third-order valence-corrected chi connectivity index (χ3v) is 8.47. The SMILES string of the molecule is CC(C)N(C(=O)COc1nnc(C(F)(F)F)s1)c1ccc(F)cc1.COc1nc(C)nc(NC(=O)NS(=O)(=O)c2ccccc2CCC(F)(F)F)n1. The Balaban J connectivity index is 0.000000284. The topological polar surface area (TPSA) is 178 Å². The third-order valence-electron chi connectivity index (χ3n) is 6.16. The number of nitrogens with zero attached hydrogens (tertiary/aromatic N) is 6. The Morgan fingerprint density at radius 1 is 0.962 bits per heavy atom. The quantitative estimate of drug-likeness (QED) is 0.178. The summed E-state index contributed by atoms with van der Waals surface area (Å²) in [6, 6.07) is 8.83. The Kier molecular flexibility index (Phi) is 13.8. The Labute approximate surface area is 295 Å². The largest absolute Gasteiger partial charge is 0.467 e. The van der Waals surface area contributed by atoms with E-state index in [4.69, 9.17) is 9.47 Å². The number of carbonyl (C=O) groups is 2. The van der Waals surface area contributed by atoms with Crippen molar-refractivity contribution in [3.8, 4) is 11.2 Å². The number of hydrogen-bond acceptors (Lipinski definition) is 12. The standard InChI is InChI=1S/C15H16F3N5O4S.C14H13F4N3O2S/c1-9-19-12(22-14(20-9)27-2)21-13(24)23-28(25,26)11-6-4-3-5-10(11)7-8-15(16,17)18;1-8(2)21(10-5-3-9(15)4-6-10)11(22)7-23-13-20-19-12(24-13)14(16,17)18/h3-6H,7-8H2,1-2H3,(H2,19,20,21,22,23,24);3-6,8H,7H2,1-2H3. The van der Waals surface area contributed by atoms with Crippen molar-refractivity contribution < 1.29 is 58.2 Å². The molecule has 3 amide bonds. The molecule has 0 unspecified atom stereocenters. The van der Waals surface area contributed by atoms with Crippen LogP contribution in [0.15, 0.2) is 53.4 Å². The van der Waals surface area contributed by atoms with Crippen LogP contribution in [-0.4, -0.2) is 71.4 Å². The van der Waals surface area contributed by atoms with Crippen LogP contribution in [0.5, 0.6) is 11.2 Å². The number of hydrogen-bond donors (Lipinski definition) is 2. The molecule has 52 heavy (non-hydrogen) atoms. The minimum absolute atomic E-state index is 0.0715. The normalized spacial score (nSPS) is 11.7. The molecule has 4 rings (SSSR count). The second-order valence-electron chi connectivity index (χ2n) is 10.5. The van der Waals surface area contributed by atoms with Gasteiger partial charge in [0.15, 0.2) is 6.61 Å². The van der Waals surface area contributed by atoms with E-state index >= 15 is 0 Å². The molecule has 2 aromatic carbocycles. The summed E-state index contributed by atoms with van der Waals surface area (Å²) in [5, 5.41) is 6.82. The van der Waals surface area contributed by atoms with Gasteiger partial charge in [0.1, 0.15) is 11.6 Å². The van der Waals surface area contributed by atoms with E-state index in [-0.39, 0.29) is 45.9 Å². The maximum atomic E-state index is 13.0. The van der Waals surface area contributed by atoms with Gasteiger partial charge in [0, 0.05) is 18.2 Å². The van der Waals surface area contributed by atoms with Gasteiger partial charge >= 0.3 is 24.4 Å². The molecule has 4 aromatic rings. The van der Waals surface area contributed by atoms with Crippen molar-refractivity contribution in [1.29, 1.82) is 0 Å². The molecule has 0 atom stereocenters. The average Bonchev–Trinajstić information content (AvgIpc) is 3.53. The van der Waals surface area contributed by atoms with E-state index in [1.807, 2.05) is 0 Å². The van der Waals surface area contributed by atoms with Crippen molar-refractivity contribution in [1.82, 2.24) is 29.9 Å². The number of aryl methyl sites for hydroxylation is 2. The first kappa shape index (κ1) is 41.2. The molecule has 23 heteroatoms. The molecule has 0 radical (unpaired) electrons. The number of benzene rings is 2. The van der Waals surface area contributed by atoms with Crippen LogP contribution in [0.4, 0.5) is 47.2 Å². The van der Waals surface area contributed by atoms with Crippen molar-refractivity contribution >= 4 is 44.9 Å². The van der Waals surface area contributed by atoms with Gasteiger partial charge in [0.25, 0.3) is 21.1 Å². The van der Waals surface area contributed by atoms with Crippen molar-refractivity contribution in [2.24, 2.45) is 0 Å². The summed E-state index contributed by atoms with van der Waals surface area (Å²) in [7, 11) is -3.14. The molecule has 0 bridgehead atoms. The van der Waals surface area contributed by atoms with Gasteiger partial charge in [-0.25, -0.2) is 22.3 Å². The second kappa shape index (κ2) is 17.4. The van der Waals surface area contributed by atoms with Crippen LogP contribution in [0.25, 0.3) is 0 Å². The molecule has 2 heterocycles. The van der Waals surface area contributed by atoms with Crippen molar-refractivity contribution in [3.63, 3.8) is 0 Å². The van der Waals surface area contributed by atoms with Gasteiger partial charge in [-0.05, 0) is 63.1 Å². The van der Waals surface area contributed by atoms with Crippen LogP contribution >= 0.6 is 11.3 Å². The molecule has 0 aliphatic heterocycles. The van der Waals surface area contributed by atoms with E-state index < -0.39 is 69.5 Å². The lowest BCUT2D eigenvalue weighted by Crippen LogP contribution is -2.40. The number of rotatable bonds is 11. The molecule has 0 saturated heterocycles. The first-order valence-electron chi connectivity index (χ1n) is 14.5. The summed E-state index contributed by atoms with van der Waals surface area (Å²) < 4.78 is 124. The lowest BCUT2D eigenvalue weighted by Gasteiger charge is -2.26. The van der Waals surface area contributed by atoms with Crippen molar-refractivity contribution in [2.45, 2.75) is 56.9 Å². The molecule has 0 fully saturated rings. The molecule has 2 aromatic heterocycles. The molecule has 0 aliphatic carbocycles. The Morgan fingerprint density at radius 3 is 2.19 bits per heavy atom. The highest BCUT2D eigenvalue weighted by atomic mass is 32.2. The van der Waals surface area contributed by atoms with E-state index in [0.29, 0.717) is 5.69 Å². The minimum atomic E-state index is -4.61. The molecule has 0 spiro atoms. The zero-order valence-corrected chi connectivity index (χ0v) is 29.0. The van der Waals surface area contributed by atoms with Gasteiger partial charge in [-0.3, -0.25) is 10.1 Å². The van der Waals surface area contributed by atoms with Gasteiger partial charge in [-0.15, -0.1) is 5.10 Å². The van der Waals surface area contributed by atoms with Crippen LogP contribution in [-0.2, 0) is 27.4 Å². The van der Waals surface area contributed by atoms with Gasteiger partial charge < -0.3 is 14.4 Å². The smallest absolute Gasteiger partial charge is 0.445 e. The van der Waals surface area contributed by atoms with E-state index in [1.54, 1.807) is 18.6 Å². The molecule has 14 nitrogen and oxygen atoms in total. The Morgan fingerprint density at radius 2 is 1.62 bits per heavy atom. The number of carbonyl (C=O) groups excluding carboxylic acids is 2. The fourth-order valence-electron chi connectivity index (χ4n) is 4.06. The molecule has 0 aliphatic rings. The zero-order chi connectivity index (χ0) is 38.9. The Bertz CT molecular complexity index is 1940. The highest BCUT2D eigenvalue weighted by Gasteiger charge is 2.36. The van der Waals surface area contributed by atoms with Gasteiger partial charge in [0.2, 0.25) is 11.0 Å². The lowest BCUT2D eigenvalue weighted by atomic mass is 10.1. The number of urea groups is 1. The van der Waals surface area contributed by atoms with Crippen LogP contribution in [0.3, 0.4) is 0 Å². The summed E-state index contributed by atoms with van der Waals surface area (Å²) in [6.07, 6.45) is -10.8. The van der Waals surface area contributed by atoms with Crippen LogP contribution < -0.4 is 24.4 Å². The van der Waals surface area contributed by atoms with E-state index in [9.17, 15) is 48.7 Å². The summed E-state index contributed by atoms with van der Waals surface area (Å²) in [5.74, 6) is -0.995. The molecule has 2 N–H and O–H groups in total. The number of aromatic nitrogens is 5. The number of amides is 3. The van der Waals surface area contributed by atoms with Crippen molar-refractivity contribution in [2.75, 3.05) is 23.9 Å². The third kappa shape index (κ3) is 12.5. The number of halogens is 7. The fraction of sp³-hybridized carbons (Fsp3) is 0.345. The molecule has 0 saturated carbocycles. The fourth-order valence-corrected chi connectivity index (χ4v) is 5.81. The van der Waals surface area contributed by atoms with E-state index in [1.165, 1.54) is 61.4 Å². The summed E-state index contributed by atoms with van der Waals surface area (Å²) in [6.45, 7) is 4.48. The maximum Gasteiger partial charge on any atom is 0.445 e. The maximum absolute atomic E-state index is 13.0. The number of methoxy groups -OCH3 is 1. The lowest BCUT2D eigenvalue weighted by molar-refractivity contribution is -0.138. The van der Waals surface area contributed by atoms with Gasteiger partial charge in [-0.2, -0.15) is 41.3 Å². The zero-order valence-electron chi connectivity index (χ0n) is 27.4. The predicted molar refractivity (Wildman–Crippen MR) is 171 cm³/mol. The second-order valence-corrected chi connectivity index (χ2v) is 13.1.